The topological polar surface area (TPSA) is 99.8 Å². The van der Waals surface area contributed by atoms with Gasteiger partial charge in [0.1, 0.15) is 24.2 Å². The molecule has 0 aliphatic carbocycles. The van der Waals surface area contributed by atoms with Gasteiger partial charge >= 0.3 is 0 Å². The first-order chi connectivity index (χ1) is 15.1. The number of amides is 1. The molecule has 1 aliphatic rings. The Morgan fingerprint density at radius 1 is 1.10 bits per heavy atom. The monoisotopic (exact) mass is 421 g/mol. The molecule has 10 heteroatoms. The zero-order valence-corrected chi connectivity index (χ0v) is 16.1. The first-order valence-electron chi connectivity index (χ1n) is 9.43. The smallest absolute Gasteiger partial charge is 0.293 e. The number of hydrogen-bond donors (Lipinski definition) is 1. The molecule has 0 bridgehead atoms. The van der Waals surface area contributed by atoms with Gasteiger partial charge in [-0.2, -0.15) is 10.2 Å². The second-order valence-corrected chi connectivity index (χ2v) is 6.92. The molecule has 0 radical (unpaired) electrons. The van der Waals surface area contributed by atoms with Crippen molar-refractivity contribution in [3.8, 4) is 22.8 Å². The van der Waals surface area contributed by atoms with Gasteiger partial charge in [0, 0.05) is 12.1 Å². The lowest BCUT2D eigenvalue weighted by atomic mass is 10.1. The van der Waals surface area contributed by atoms with Crippen LogP contribution in [0.25, 0.3) is 16.8 Å². The van der Waals surface area contributed by atoms with Crippen LogP contribution in [0.1, 0.15) is 5.56 Å². The molecule has 0 saturated carbocycles. The van der Waals surface area contributed by atoms with E-state index >= 15 is 0 Å². The Balaban J connectivity index is 1.30. The molecule has 31 heavy (non-hydrogen) atoms. The molecule has 4 aromatic rings. The normalized spacial score (nSPS) is 12.3. The molecule has 0 spiro atoms. The van der Waals surface area contributed by atoms with E-state index in [-0.39, 0.29) is 37.1 Å². The standard InChI is InChI=1S/C21H16FN5O4/c22-15-4-2-14(3-5-15)16-8-17-21(29)26(24-11-27(17)25-16)10-20(28)23-9-13-1-6-18-19(7-13)31-12-30-18/h1-8,11H,9-10,12H2,(H,23,28). The number of rotatable bonds is 5. The number of benzene rings is 2. The van der Waals surface area contributed by atoms with E-state index in [0.717, 1.165) is 10.2 Å². The van der Waals surface area contributed by atoms with Crippen LogP contribution in [0.3, 0.4) is 0 Å². The van der Waals surface area contributed by atoms with Crippen molar-refractivity contribution in [2.75, 3.05) is 6.79 Å². The number of fused-ring (bicyclic) bond motifs is 2. The largest absolute Gasteiger partial charge is 0.454 e. The number of hydrogen-bond acceptors (Lipinski definition) is 6. The zero-order valence-electron chi connectivity index (χ0n) is 16.1. The van der Waals surface area contributed by atoms with Crippen LogP contribution in [0, 0.1) is 5.82 Å². The lowest BCUT2D eigenvalue weighted by molar-refractivity contribution is -0.122. The summed E-state index contributed by atoms with van der Waals surface area (Å²) in [5.74, 6) is 0.575. The molecule has 9 nitrogen and oxygen atoms in total. The molecule has 0 unspecified atom stereocenters. The van der Waals surface area contributed by atoms with Gasteiger partial charge < -0.3 is 14.8 Å². The highest BCUT2D eigenvalue weighted by molar-refractivity contribution is 5.75. The highest BCUT2D eigenvalue weighted by Crippen LogP contribution is 2.32. The Kier molecular flexibility index (Phi) is 4.58. The third kappa shape index (κ3) is 3.70. The van der Waals surface area contributed by atoms with E-state index in [2.05, 4.69) is 15.5 Å². The molecule has 0 fully saturated rings. The molecule has 1 N–H and O–H groups in total. The van der Waals surface area contributed by atoms with Crippen LogP contribution >= 0.6 is 0 Å². The second kappa shape index (κ2) is 7.56. The lowest BCUT2D eigenvalue weighted by Gasteiger charge is -2.07. The van der Waals surface area contributed by atoms with Crippen molar-refractivity contribution in [1.82, 2.24) is 24.7 Å². The molecule has 0 saturated heterocycles. The van der Waals surface area contributed by atoms with Gasteiger partial charge in [-0.05, 0) is 48.0 Å². The van der Waals surface area contributed by atoms with Gasteiger partial charge in [0.15, 0.2) is 11.5 Å². The van der Waals surface area contributed by atoms with Crippen molar-refractivity contribution in [3.63, 3.8) is 0 Å². The van der Waals surface area contributed by atoms with Gasteiger partial charge in [-0.1, -0.05) is 6.07 Å². The summed E-state index contributed by atoms with van der Waals surface area (Å²) in [5, 5.41) is 11.1. The fourth-order valence-electron chi connectivity index (χ4n) is 3.26. The Hall–Kier alpha value is -4.21. The first-order valence-corrected chi connectivity index (χ1v) is 9.43. The summed E-state index contributed by atoms with van der Waals surface area (Å²) >= 11 is 0. The summed E-state index contributed by atoms with van der Waals surface area (Å²) in [6.07, 6.45) is 1.36. The Morgan fingerprint density at radius 3 is 2.74 bits per heavy atom. The van der Waals surface area contributed by atoms with Crippen molar-refractivity contribution < 1.29 is 18.7 Å². The van der Waals surface area contributed by atoms with Crippen LogP contribution in [-0.2, 0) is 17.9 Å². The Morgan fingerprint density at radius 2 is 1.90 bits per heavy atom. The number of aromatic nitrogens is 4. The van der Waals surface area contributed by atoms with E-state index in [1.807, 2.05) is 6.07 Å². The van der Waals surface area contributed by atoms with E-state index in [1.165, 1.54) is 23.0 Å². The fraction of sp³-hybridized carbons (Fsp3) is 0.143. The van der Waals surface area contributed by atoms with Crippen molar-refractivity contribution in [1.29, 1.82) is 0 Å². The van der Waals surface area contributed by atoms with Crippen molar-refractivity contribution in [2.24, 2.45) is 0 Å². The summed E-state index contributed by atoms with van der Waals surface area (Å²) in [4.78, 5) is 25.1. The molecule has 1 aliphatic heterocycles. The van der Waals surface area contributed by atoms with Gasteiger partial charge in [0.25, 0.3) is 5.56 Å². The first kappa shape index (κ1) is 18.8. The molecule has 2 aromatic heterocycles. The summed E-state index contributed by atoms with van der Waals surface area (Å²) in [6.45, 7) is 0.213. The summed E-state index contributed by atoms with van der Waals surface area (Å²) in [6, 6.07) is 12.8. The minimum absolute atomic E-state index is 0.180. The number of carbonyl (C=O) groups excluding carboxylic acids is 1. The molecular weight excluding hydrogens is 405 g/mol. The number of halogens is 1. The van der Waals surface area contributed by atoms with Crippen LogP contribution in [0.4, 0.5) is 4.39 Å². The van der Waals surface area contributed by atoms with Gasteiger partial charge in [-0.25, -0.2) is 13.6 Å². The van der Waals surface area contributed by atoms with Crippen molar-refractivity contribution in [2.45, 2.75) is 13.1 Å². The average Bonchev–Trinajstić information content (AvgIpc) is 3.42. The Bertz CT molecular complexity index is 1350. The number of ether oxygens (including phenoxy) is 2. The highest BCUT2D eigenvalue weighted by atomic mass is 19.1. The van der Waals surface area contributed by atoms with Crippen LogP contribution in [0.2, 0.25) is 0 Å². The van der Waals surface area contributed by atoms with E-state index in [4.69, 9.17) is 9.47 Å². The number of carbonyl (C=O) groups is 1. The molecule has 156 valence electrons. The van der Waals surface area contributed by atoms with E-state index in [1.54, 1.807) is 30.3 Å². The number of nitrogens with one attached hydrogen (secondary N) is 1. The van der Waals surface area contributed by atoms with Crippen LogP contribution < -0.4 is 20.3 Å². The maximum atomic E-state index is 13.1. The van der Waals surface area contributed by atoms with Crippen molar-refractivity contribution >= 4 is 11.4 Å². The average molecular weight is 421 g/mol. The highest BCUT2D eigenvalue weighted by Gasteiger charge is 2.15. The third-order valence-corrected chi connectivity index (χ3v) is 4.85. The maximum Gasteiger partial charge on any atom is 0.293 e. The fourth-order valence-corrected chi connectivity index (χ4v) is 3.26. The summed E-state index contributed by atoms with van der Waals surface area (Å²) in [7, 11) is 0. The van der Waals surface area contributed by atoms with Gasteiger partial charge in [-0.3, -0.25) is 9.59 Å². The number of nitrogens with zero attached hydrogens (tertiary/aromatic N) is 4. The van der Waals surface area contributed by atoms with E-state index < -0.39 is 5.56 Å². The SMILES string of the molecule is O=C(Cn1ncn2nc(-c3ccc(F)cc3)cc2c1=O)NCc1ccc2c(c1)OCO2. The molecule has 2 aromatic carbocycles. The second-order valence-electron chi connectivity index (χ2n) is 6.92. The van der Waals surface area contributed by atoms with E-state index in [9.17, 15) is 14.0 Å². The quantitative estimate of drug-likeness (QED) is 0.527. The third-order valence-electron chi connectivity index (χ3n) is 4.85. The minimum Gasteiger partial charge on any atom is -0.454 e. The van der Waals surface area contributed by atoms with Crippen LogP contribution in [0.5, 0.6) is 11.5 Å². The van der Waals surface area contributed by atoms with Gasteiger partial charge in [0.2, 0.25) is 12.7 Å². The minimum atomic E-state index is -0.457. The Labute approximate surface area is 174 Å². The molecule has 1 amide bonds. The molecule has 3 heterocycles. The predicted octanol–water partition coefficient (Wildman–Crippen LogP) is 1.74. The van der Waals surface area contributed by atoms with Gasteiger partial charge in [0.05, 0.1) is 5.69 Å². The van der Waals surface area contributed by atoms with Gasteiger partial charge in [-0.15, -0.1) is 0 Å². The molecular formula is C21H16FN5O4. The summed E-state index contributed by atoms with van der Waals surface area (Å²) < 4.78 is 26.1. The lowest BCUT2D eigenvalue weighted by Crippen LogP contribution is -2.34. The summed E-state index contributed by atoms with van der Waals surface area (Å²) in [5.41, 5.74) is 1.81. The molecule has 0 atom stereocenters. The maximum absolute atomic E-state index is 13.1. The predicted molar refractivity (Wildman–Crippen MR) is 107 cm³/mol. The zero-order chi connectivity index (χ0) is 21.4. The van der Waals surface area contributed by atoms with E-state index in [0.29, 0.717) is 22.8 Å². The van der Waals surface area contributed by atoms with Crippen LogP contribution in [-0.4, -0.2) is 32.1 Å². The molecule has 5 rings (SSSR count). The van der Waals surface area contributed by atoms with Crippen LogP contribution in [0.15, 0.2) is 59.7 Å². The van der Waals surface area contributed by atoms with Crippen molar-refractivity contribution in [3.05, 3.63) is 76.6 Å².